The molecule has 17 heavy (non-hydrogen) atoms. The number of aliphatic hydroxyl groups is 1. The predicted octanol–water partition coefficient (Wildman–Crippen LogP) is -1.46. The molecule has 7 heteroatoms. The van der Waals surface area contributed by atoms with Crippen molar-refractivity contribution in [1.82, 2.24) is 4.90 Å². The van der Waals surface area contributed by atoms with Crippen LogP contribution in [0.3, 0.4) is 0 Å². The summed E-state index contributed by atoms with van der Waals surface area (Å²) in [5, 5.41) is 17.6. The second-order valence-electron chi connectivity index (χ2n) is 3.43. The molecule has 0 aromatic heterocycles. The van der Waals surface area contributed by atoms with Crippen LogP contribution in [0.25, 0.3) is 0 Å². The van der Waals surface area contributed by atoms with Gasteiger partial charge in [0.15, 0.2) is 6.54 Å². The molecule has 0 atom stereocenters. The summed E-state index contributed by atoms with van der Waals surface area (Å²) in [5.74, 6) is 0.115. The summed E-state index contributed by atoms with van der Waals surface area (Å²) >= 11 is 0. The molecule has 1 aliphatic rings. The van der Waals surface area contributed by atoms with Crippen molar-refractivity contribution in [3.63, 3.8) is 0 Å². The van der Waals surface area contributed by atoms with E-state index in [0.717, 1.165) is 12.4 Å². The number of amidine groups is 1. The van der Waals surface area contributed by atoms with Gasteiger partial charge < -0.3 is 15.7 Å². The average Bonchev–Trinajstić information content (AvgIpc) is 2.51. The van der Waals surface area contributed by atoms with Gasteiger partial charge in [0.1, 0.15) is 19.6 Å². The average molecular weight is 254 g/mol. The maximum absolute atomic E-state index is 10.6. The van der Waals surface area contributed by atoms with Crippen molar-refractivity contribution in [2.75, 3.05) is 32.8 Å². The van der Waals surface area contributed by atoms with Crippen molar-refractivity contribution < 1.29 is 25.1 Å². The van der Waals surface area contributed by atoms with Gasteiger partial charge in [-0.3, -0.25) is 9.48 Å². The van der Waals surface area contributed by atoms with Crippen molar-refractivity contribution >= 4 is 41.4 Å². The summed E-state index contributed by atoms with van der Waals surface area (Å²) in [4.78, 5) is 12.4. The van der Waals surface area contributed by atoms with Crippen LogP contribution in [-0.4, -0.2) is 99.3 Å². The van der Waals surface area contributed by atoms with Gasteiger partial charge in [0.25, 0.3) is 5.84 Å². The minimum Gasteiger partial charge on any atom is -0.870 e. The van der Waals surface area contributed by atoms with Gasteiger partial charge in [0, 0.05) is 0 Å². The summed E-state index contributed by atoms with van der Waals surface area (Å²) in [6.07, 6.45) is 2.40. The Hall–Kier alpha value is -0.400. The maximum atomic E-state index is 10.6. The van der Waals surface area contributed by atoms with Crippen LogP contribution in [0.2, 0.25) is 0 Å². The molecule has 6 nitrogen and oxygen atoms in total. The van der Waals surface area contributed by atoms with Gasteiger partial charge in [-0.05, 0) is 0 Å². The van der Waals surface area contributed by atoms with Crippen molar-refractivity contribution in [1.29, 1.82) is 0 Å². The topological polar surface area (TPSA) is 93.8 Å². The van der Waals surface area contributed by atoms with E-state index in [0.29, 0.717) is 19.5 Å². The Labute approximate surface area is 123 Å². The molecule has 0 saturated heterocycles. The third-order valence-electron chi connectivity index (χ3n) is 2.39. The SMILES string of the molecule is C=CCC1=[N+](CCO)CCN1CC(=O)O.[NaH].[OH-]. The van der Waals surface area contributed by atoms with Crippen molar-refractivity contribution in [3.8, 4) is 0 Å². The monoisotopic (exact) mass is 254 g/mol. The number of aliphatic carboxylic acids is 1. The first-order valence-electron chi connectivity index (χ1n) is 4.98. The molecule has 0 fully saturated rings. The maximum Gasteiger partial charge on any atom is -0.870 e. The fourth-order valence-corrected chi connectivity index (χ4v) is 1.78. The van der Waals surface area contributed by atoms with E-state index in [2.05, 4.69) is 6.58 Å². The number of carbonyl (C=O) groups is 1. The number of β-amino-alcohol motifs (C(OH)–C–C–N with tert-alkyl or cyclic N) is 1. The van der Waals surface area contributed by atoms with E-state index in [9.17, 15) is 4.79 Å². The molecule has 0 amide bonds. The fourth-order valence-electron chi connectivity index (χ4n) is 1.78. The molecule has 1 aliphatic heterocycles. The first-order valence-corrected chi connectivity index (χ1v) is 4.98. The number of nitrogens with zero attached hydrogens (tertiary/aromatic N) is 2. The van der Waals surface area contributed by atoms with E-state index in [4.69, 9.17) is 10.2 Å². The molecule has 1 heterocycles. The fraction of sp³-hybridized carbons (Fsp3) is 0.600. The van der Waals surface area contributed by atoms with E-state index in [1.54, 1.807) is 6.08 Å². The van der Waals surface area contributed by atoms with Crippen LogP contribution in [0, 0.1) is 0 Å². The van der Waals surface area contributed by atoms with Crippen molar-refractivity contribution in [2.24, 2.45) is 0 Å². The van der Waals surface area contributed by atoms with E-state index in [1.807, 2.05) is 9.48 Å². The first kappa shape index (κ1) is 19.0. The van der Waals surface area contributed by atoms with Crippen LogP contribution < -0.4 is 0 Å². The smallest absolute Gasteiger partial charge is 0.870 e. The minimum absolute atomic E-state index is 0. The third-order valence-corrected chi connectivity index (χ3v) is 2.39. The van der Waals surface area contributed by atoms with Crippen LogP contribution in [0.15, 0.2) is 12.7 Å². The Morgan fingerprint density at radius 1 is 1.59 bits per heavy atom. The first-order chi connectivity index (χ1) is 7.19. The summed E-state index contributed by atoms with van der Waals surface area (Å²) in [7, 11) is 0. The summed E-state index contributed by atoms with van der Waals surface area (Å²) in [6, 6.07) is 0. The van der Waals surface area contributed by atoms with E-state index in [-0.39, 0.29) is 48.2 Å². The number of rotatable bonds is 6. The van der Waals surface area contributed by atoms with Gasteiger partial charge in [0.2, 0.25) is 0 Å². The van der Waals surface area contributed by atoms with Gasteiger partial charge in [-0.2, -0.15) is 0 Å². The Kier molecular flexibility index (Phi) is 10.7. The van der Waals surface area contributed by atoms with Gasteiger partial charge in [-0.1, -0.05) is 6.08 Å². The number of carboxylic acid groups (broad SMARTS) is 1. The van der Waals surface area contributed by atoms with Crippen LogP contribution in [0.1, 0.15) is 6.42 Å². The zero-order valence-corrected chi connectivity index (χ0v) is 9.17. The Balaban J connectivity index is 0. The van der Waals surface area contributed by atoms with Gasteiger partial charge in [-0.25, -0.2) is 4.79 Å². The standard InChI is InChI=1S/C10H16N2O3.Na.H2O.H/c1-2-3-9-11(6-7-13)4-5-12(9)8-10(14)15;;;/h2,13H,1,3-8H2;;1H2;. The van der Waals surface area contributed by atoms with Crippen LogP contribution in [-0.2, 0) is 4.79 Å². The molecule has 0 saturated carbocycles. The molecule has 3 N–H and O–H groups in total. The third kappa shape index (κ3) is 5.65. The zero-order chi connectivity index (χ0) is 11.3. The van der Waals surface area contributed by atoms with E-state index < -0.39 is 5.97 Å². The molecule has 94 valence electrons. The van der Waals surface area contributed by atoms with Gasteiger partial charge in [-0.15, -0.1) is 6.58 Å². The second kappa shape index (κ2) is 9.61. The largest absolute Gasteiger partial charge is 0.870 e. The van der Waals surface area contributed by atoms with E-state index >= 15 is 0 Å². The Bertz CT molecular complexity index is 294. The van der Waals surface area contributed by atoms with Crippen molar-refractivity contribution in [3.05, 3.63) is 12.7 Å². The molecule has 0 aromatic rings. The molecule has 0 spiro atoms. The molecule has 0 aliphatic carbocycles. The van der Waals surface area contributed by atoms with Crippen LogP contribution in [0.5, 0.6) is 0 Å². The zero-order valence-electron chi connectivity index (χ0n) is 9.17. The normalized spacial score (nSPS) is 14.1. The molecule has 0 radical (unpaired) electrons. The minimum atomic E-state index is -0.831. The quantitative estimate of drug-likeness (QED) is 0.343. The molecule has 0 bridgehead atoms. The van der Waals surface area contributed by atoms with E-state index in [1.165, 1.54) is 0 Å². The molecular weight excluding hydrogens is 235 g/mol. The number of hydrogen-bond acceptors (Lipinski definition) is 4. The van der Waals surface area contributed by atoms with Crippen molar-refractivity contribution in [2.45, 2.75) is 6.42 Å². The molecular formula is C10H19N2NaO4. The summed E-state index contributed by atoms with van der Waals surface area (Å²) < 4.78 is 2.00. The second-order valence-corrected chi connectivity index (χ2v) is 3.43. The van der Waals surface area contributed by atoms with Crippen LogP contribution >= 0.6 is 0 Å². The molecule has 0 aromatic carbocycles. The summed E-state index contributed by atoms with van der Waals surface area (Å²) in [6.45, 7) is 5.79. The Morgan fingerprint density at radius 2 is 2.24 bits per heavy atom. The van der Waals surface area contributed by atoms with Crippen LogP contribution in [0.4, 0.5) is 0 Å². The predicted molar refractivity (Wildman–Crippen MR) is 65.2 cm³/mol. The Morgan fingerprint density at radius 3 is 2.71 bits per heavy atom. The summed E-state index contributed by atoms with van der Waals surface area (Å²) in [5.41, 5.74) is 0. The number of hydrogen-bond donors (Lipinski definition) is 2. The van der Waals surface area contributed by atoms with Gasteiger partial charge >= 0.3 is 35.5 Å². The molecule has 0 unspecified atom stereocenters. The molecule has 1 rings (SSSR count). The number of aliphatic hydroxyl groups excluding tert-OH is 1. The number of carboxylic acids is 1. The van der Waals surface area contributed by atoms with Gasteiger partial charge in [0.05, 0.1) is 13.0 Å².